The van der Waals surface area contributed by atoms with Gasteiger partial charge in [0, 0.05) is 18.6 Å². The molecule has 1 aromatic rings. The summed E-state index contributed by atoms with van der Waals surface area (Å²) in [4.78, 5) is 0. The van der Waals surface area contributed by atoms with Crippen molar-refractivity contribution in [3.05, 3.63) is 35.4 Å². The third kappa shape index (κ3) is 3.55. The lowest BCUT2D eigenvalue weighted by Gasteiger charge is -2.19. The lowest BCUT2D eigenvalue weighted by Crippen LogP contribution is -2.35. The second-order valence-electron chi connectivity index (χ2n) is 6.41. The van der Waals surface area contributed by atoms with Crippen LogP contribution in [0, 0.1) is 0 Å². The van der Waals surface area contributed by atoms with Crippen LogP contribution >= 0.6 is 0 Å². The molecule has 1 fully saturated rings. The lowest BCUT2D eigenvalue weighted by molar-refractivity contribution is 0.567. The van der Waals surface area contributed by atoms with Crippen molar-refractivity contribution in [1.29, 1.82) is 0 Å². The van der Waals surface area contributed by atoms with Gasteiger partial charge in [0.05, 0.1) is 0 Å². The summed E-state index contributed by atoms with van der Waals surface area (Å²) >= 11 is 0. The van der Waals surface area contributed by atoms with Gasteiger partial charge in [-0.15, -0.1) is 0 Å². The fourth-order valence-electron chi connectivity index (χ4n) is 1.92. The van der Waals surface area contributed by atoms with E-state index in [0.717, 1.165) is 13.1 Å². The zero-order valence-electron chi connectivity index (χ0n) is 11.2. The molecule has 2 nitrogen and oxygen atoms in total. The third-order valence-corrected chi connectivity index (χ3v) is 3.52. The van der Waals surface area contributed by atoms with Gasteiger partial charge in [-0.3, -0.25) is 0 Å². The molecule has 94 valence electrons. The van der Waals surface area contributed by atoms with E-state index in [9.17, 15) is 0 Å². The van der Waals surface area contributed by atoms with Gasteiger partial charge >= 0.3 is 0 Å². The number of nitrogens with two attached hydrogens (primary N) is 1. The molecule has 0 saturated heterocycles. The summed E-state index contributed by atoms with van der Waals surface area (Å²) in [5.74, 6) is 0. The molecule has 1 saturated carbocycles. The van der Waals surface area contributed by atoms with E-state index in [1.165, 1.54) is 24.0 Å². The first-order valence-electron chi connectivity index (χ1n) is 6.48. The Morgan fingerprint density at radius 3 is 2.24 bits per heavy atom. The van der Waals surface area contributed by atoms with Crippen molar-refractivity contribution in [2.24, 2.45) is 5.73 Å². The van der Waals surface area contributed by atoms with Crippen LogP contribution in [0.1, 0.15) is 44.7 Å². The Morgan fingerprint density at radius 1 is 1.18 bits per heavy atom. The third-order valence-electron chi connectivity index (χ3n) is 3.52. The molecule has 2 rings (SSSR count). The van der Waals surface area contributed by atoms with Gasteiger partial charge in [0.15, 0.2) is 0 Å². The smallest absolute Gasteiger partial charge is 0.0282 e. The van der Waals surface area contributed by atoms with E-state index < -0.39 is 0 Å². The van der Waals surface area contributed by atoms with Gasteiger partial charge in [0.1, 0.15) is 0 Å². The molecule has 0 bridgehead atoms. The summed E-state index contributed by atoms with van der Waals surface area (Å²) in [6.45, 7) is 8.58. The summed E-state index contributed by atoms with van der Waals surface area (Å²) < 4.78 is 0. The Morgan fingerprint density at radius 2 is 1.76 bits per heavy atom. The summed E-state index contributed by atoms with van der Waals surface area (Å²) in [5.41, 5.74) is 9.09. The maximum Gasteiger partial charge on any atom is 0.0282 e. The van der Waals surface area contributed by atoms with Crippen LogP contribution in [0.15, 0.2) is 24.3 Å². The molecule has 0 heterocycles. The van der Waals surface area contributed by atoms with Crippen LogP contribution in [0.3, 0.4) is 0 Å². The molecule has 1 aromatic carbocycles. The summed E-state index contributed by atoms with van der Waals surface area (Å²) in [7, 11) is 0. The predicted molar refractivity (Wildman–Crippen MR) is 73.0 cm³/mol. The summed E-state index contributed by atoms with van der Waals surface area (Å²) in [6.07, 6.45) is 2.34. The van der Waals surface area contributed by atoms with E-state index in [1.54, 1.807) is 0 Å². The van der Waals surface area contributed by atoms with Crippen molar-refractivity contribution in [1.82, 2.24) is 5.32 Å². The van der Waals surface area contributed by atoms with E-state index in [1.807, 2.05) is 0 Å². The van der Waals surface area contributed by atoms with Gasteiger partial charge in [-0.1, -0.05) is 45.0 Å². The number of hydrogen-bond acceptors (Lipinski definition) is 2. The Bertz CT molecular complexity index is 369. The number of benzene rings is 1. The lowest BCUT2D eigenvalue weighted by atomic mass is 9.87. The molecule has 17 heavy (non-hydrogen) atoms. The minimum absolute atomic E-state index is 0.103. The molecule has 1 aliphatic rings. The van der Waals surface area contributed by atoms with Crippen LogP contribution in [0.5, 0.6) is 0 Å². The zero-order valence-corrected chi connectivity index (χ0v) is 11.2. The first kappa shape index (κ1) is 12.6. The van der Waals surface area contributed by atoms with Crippen molar-refractivity contribution in [2.75, 3.05) is 6.54 Å². The molecule has 2 heteroatoms. The van der Waals surface area contributed by atoms with Crippen molar-refractivity contribution < 1.29 is 0 Å². The maximum atomic E-state index is 6.03. The van der Waals surface area contributed by atoms with Crippen molar-refractivity contribution in [3.8, 4) is 0 Å². The quantitative estimate of drug-likeness (QED) is 0.837. The van der Waals surface area contributed by atoms with Gasteiger partial charge in [-0.2, -0.15) is 0 Å². The van der Waals surface area contributed by atoms with Gasteiger partial charge in [0.2, 0.25) is 0 Å². The Kier molecular flexibility index (Phi) is 3.28. The molecule has 0 spiro atoms. The molecule has 0 aromatic heterocycles. The number of rotatable bonds is 4. The van der Waals surface area contributed by atoms with Crippen LogP contribution in [-0.4, -0.2) is 12.1 Å². The van der Waals surface area contributed by atoms with E-state index >= 15 is 0 Å². The second kappa shape index (κ2) is 4.43. The number of nitrogens with one attached hydrogen (secondary N) is 1. The topological polar surface area (TPSA) is 38.0 Å². The van der Waals surface area contributed by atoms with Crippen LogP contribution < -0.4 is 11.1 Å². The zero-order chi connectivity index (χ0) is 12.5. The predicted octanol–water partition coefficient (Wildman–Crippen LogP) is 2.57. The average Bonchev–Trinajstić information content (AvgIpc) is 2.96. The molecule has 0 radical (unpaired) electrons. The van der Waals surface area contributed by atoms with E-state index in [4.69, 9.17) is 5.73 Å². The molecular weight excluding hydrogens is 208 g/mol. The SMILES string of the molecule is CC(C)(C)c1ccc(CNCC2(N)CC2)cc1. The van der Waals surface area contributed by atoms with Crippen LogP contribution in [0.2, 0.25) is 0 Å². The van der Waals surface area contributed by atoms with E-state index in [2.05, 4.69) is 50.4 Å². The fraction of sp³-hybridized carbons (Fsp3) is 0.600. The molecule has 0 unspecified atom stereocenters. The maximum absolute atomic E-state index is 6.03. The minimum Gasteiger partial charge on any atom is -0.324 e. The second-order valence-corrected chi connectivity index (χ2v) is 6.41. The Balaban J connectivity index is 1.85. The summed E-state index contributed by atoms with van der Waals surface area (Å²) in [5, 5.41) is 3.44. The summed E-state index contributed by atoms with van der Waals surface area (Å²) in [6, 6.07) is 8.88. The Labute approximate surface area is 105 Å². The highest BCUT2D eigenvalue weighted by Crippen LogP contribution is 2.31. The molecule has 0 amide bonds. The monoisotopic (exact) mass is 232 g/mol. The van der Waals surface area contributed by atoms with E-state index in [-0.39, 0.29) is 11.0 Å². The van der Waals surface area contributed by atoms with Crippen LogP contribution in [0.4, 0.5) is 0 Å². The highest BCUT2D eigenvalue weighted by atomic mass is 15.0. The van der Waals surface area contributed by atoms with Gasteiger partial charge < -0.3 is 11.1 Å². The van der Waals surface area contributed by atoms with Crippen LogP contribution in [0.25, 0.3) is 0 Å². The number of hydrogen-bond donors (Lipinski definition) is 2. The van der Waals surface area contributed by atoms with Crippen molar-refractivity contribution in [2.45, 2.75) is 51.1 Å². The first-order valence-corrected chi connectivity index (χ1v) is 6.48. The Hall–Kier alpha value is -0.860. The fourth-order valence-corrected chi connectivity index (χ4v) is 1.92. The average molecular weight is 232 g/mol. The van der Waals surface area contributed by atoms with Gasteiger partial charge in [0.25, 0.3) is 0 Å². The first-order chi connectivity index (χ1) is 7.89. The molecule has 3 N–H and O–H groups in total. The van der Waals surface area contributed by atoms with Crippen LogP contribution in [-0.2, 0) is 12.0 Å². The normalized spacial score (nSPS) is 18.1. The van der Waals surface area contributed by atoms with Gasteiger partial charge in [-0.25, -0.2) is 0 Å². The standard InChI is InChI=1S/C15H24N2/c1-14(2,3)13-6-4-12(5-7-13)10-17-11-15(16)8-9-15/h4-7,17H,8-11,16H2,1-3H3. The van der Waals surface area contributed by atoms with Crippen molar-refractivity contribution in [3.63, 3.8) is 0 Å². The molecule has 0 atom stereocenters. The van der Waals surface area contributed by atoms with E-state index in [0.29, 0.717) is 0 Å². The molecular formula is C15H24N2. The van der Waals surface area contributed by atoms with Gasteiger partial charge in [-0.05, 0) is 29.4 Å². The minimum atomic E-state index is 0.103. The largest absolute Gasteiger partial charge is 0.324 e. The van der Waals surface area contributed by atoms with Crippen molar-refractivity contribution >= 4 is 0 Å². The highest BCUT2D eigenvalue weighted by molar-refractivity contribution is 5.27. The molecule has 1 aliphatic carbocycles. The molecule has 0 aliphatic heterocycles. The highest BCUT2D eigenvalue weighted by Gasteiger charge is 2.37.